The SMILES string of the molecule is c1ccc(-c2nc(-c3ccccc3)nc(-c3cccc(-c4cccc(-n5c6cc7sc8ccccc8c7cc6c6cc7ccn(-c8ccccc8)c7cc65)c4)c3)n2)cc1. The number of hydrogen-bond donors (Lipinski definition) is 0. The van der Waals surface area contributed by atoms with Gasteiger partial charge < -0.3 is 9.13 Å². The number of nitrogens with zero attached hydrogens (tertiary/aromatic N) is 5. The van der Waals surface area contributed by atoms with Crippen LogP contribution in [0.4, 0.5) is 0 Å². The Labute approximate surface area is 343 Å². The van der Waals surface area contributed by atoms with Gasteiger partial charge in [-0.2, -0.15) is 0 Å². The lowest BCUT2D eigenvalue weighted by atomic mass is 10.0. The summed E-state index contributed by atoms with van der Waals surface area (Å²) in [5, 5.41) is 6.30. The summed E-state index contributed by atoms with van der Waals surface area (Å²) in [5.74, 6) is 1.93. The molecule has 59 heavy (non-hydrogen) atoms. The summed E-state index contributed by atoms with van der Waals surface area (Å²) in [7, 11) is 0. The molecule has 0 saturated carbocycles. The zero-order valence-corrected chi connectivity index (χ0v) is 32.5. The smallest absolute Gasteiger partial charge is 0.164 e. The van der Waals surface area contributed by atoms with E-state index in [1.54, 1.807) is 0 Å². The van der Waals surface area contributed by atoms with Crippen LogP contribution < -0.4 is 0 Å². The number of benzene rings is 8. The average molecular weight is 772 g/mol. The number of fused-ring (bicyclic) bond motifs is 7. The average Bonchev–Trinajstić information content (AvgIpc) is 3.99. The lowest BCUT2D eigenvalue weighted by Crippen LogP contribution is -2.00. The minimum Gasteiger partial charge on any atom is -0.316 e. The molecule has 0 amide bonds. The lowest BCUT2D eigenvalue weighted by Gasteiger charge is -2.12. The van der Waals surface area contributed by atoms with Gasteiger partial charge in [0.15, 0.2) is 17.5 Å². The van der Waals surface area contributed by atoms with Gasteiger partial charge in [-0.05, 0) is 77.9 Å². The molecule has 4 aromatic heterocycles. The van der Waals surface area contributed by atoms with E-state index in [9.17, 15) is 0 Å². The molecule has 0 unspecified atom stereocenters. The fraction of sp³-hybridized carbons (Fsp3) is 0. The second-order valence-corrected chi connectivity index (χ2v) is 16.0. The Balaban J connectivity index is 1.04. The molecule has 0 bridgehead atoms. The van der Waals surface area contributed by atoms with Gasteiger partial charge >= 0.3 is 0 Å². The zero-order chi connectivity index (χ0) is 38.9. The van der Waals surface area contributed by atoms with Gasteiger partial charge in [0, 0.05) is 70.6 Å². The Hall–Kier alpha value is -7.67. The largest absolute Gasteiger partial charge is 0.316 e. The first-order valence-electron chi connectivity index (χ1n) is 19.8. The molecule has 0 aliphatic heterocycles. The molecular formula is C53H33N5S. The normalized spacial score (nSPS) is 11.7. The van der Waals surface area contributed by atoms with Crippen LogP contribution in [0, 0.1) is 0 Å². The Morgan fingerprint density at radius 3 is 1.64 bits per heavy atom. The minimum atomic E-state index is 0.635. The summed E-state index contributed by atoms with van der Waals surface area (Å²) < 4.78 is 7.33. The predicted molar refractivity (Wildman–Crippen MR) is 246 cm³/mol. The first-order valence-corrected chi connectivity index (χ1v) is 20.6. The van der Waals surface area contributed by atoms with Gasteiger partial charge in [-0.1, -0.05) is 127 Å². The Bertz CT molecular complexity index is 3490. The van der Waals surface area contributed by atoms with Gasteiger partial charge in [-0.3, -0.25) is 0 Å². The van der Waals surface area contributed by atoms with Crippen molar-refractivity contribution >= 4 is 64.2 Å². The third kappa shape index (κ3) is 5.64. The van der Waals surface area contributed by atoms with Crippen LogP contribution in [0.1, 0.15) is 0 Å². The molecule has 0 atom stereocenters. The third-order valence-corrected chi connectivity index (χ3v) is 12.5. The molecule has 0 fully saturated rings. The highest BCUT2D eigenvalue weighted by atomic mass is 32.1. The van der Waals surface area contributed by atoms with Gasteiger partial charge in [0.05, 0.1) is 16.6 Å². The van der Waals surface area contributed by atoms with Crippen LogP contribution >= 0.6 is 11.3 Å². The highest BCUT2D eigenvalue weighted by Crippen LogP contribution is 2.42. The molecule has 0 saturated heterocycles. The van der Waals surface area contributed by atoms with Crippen molar-refractivity contribution in [1.82, 2.24) is 24.1 Å². The number of para-hydroxylation sites is 1. The number of aromatic nitrogens is 5. The van der Waals surface area contributed by atoms with E-state index >= 15 is 0 Å². The van der Waals surface area contributed by atoms with E-state index in [2.05, 4.69) is 149 Å². The van der Waals surface area contributed by atoms with Crippen LogP contribution in [0.15, 0.2) is 200 Å². The van der Waals surface area contributed by atoms with E-state index < -0.39 is 0 Å². The highest BCUT2D eigenvalue weighted by molar-refractivity contribution is 7.25. The van der Waals surface area contributed by atoms with Gasteiger partial charge in [0.1, 0.15) is 0 Å². The molecule has 0 aliphatic rings. The maximum absolute atomic E-state index is 5.02. The molecule has 0 radical (unpaired) electrons. The topological polar surface area (TPSA) is 48.5 Å². The zero-order valence-electron chi connectivity index (χ0n) is 31.7. The van der Waals surface area contributed by atoms with Crippen LogP contribution in [0.3, 0.4) is 0 Å². The predicted octanol–water partition coefficient (Wildman–Crippen LogP) is 13.9. The van der Waals surface area contributed by atoms with Crippen LogP contribution in [-0.4, -0.2) is 24.1 Å². The summed E-state index contributed by atoms with van der Waals surface area (Å²) in [4.78, 5) is 15.0. The molecule has 5 nitrogen and oxygen atoms in total. The summed E-state index contributed by atoms with van der Waals surface area (Å²) >= 11 is 1.86. The van der Waals surface area contributed by atoms with Crippen molar-refractivity contribution in [3.8, 4) is 56.7 Å². The maximum Gasteiger partial charge on any atom is 0.164 e. The maximum atomic E-state index is 5.02. The van der Waals surface area contributed by atoms with E-state index in [4.69, 9.17) is 15.0 Å². The second kappa shape index (κ2) is 13.5. The molecule has 4 heterocycles. The molecule has 0 aliphatic carbocycles. The molecule has 8 aromatic carbocycles. The summed E-state index contributed by atoms with van der Waals surface area (Å²) in [6.07, 6.45) is 2.18. The molecule has 12 rings (SSSR count). The summed E-state index contributed by atoms with van der Waals surface area (Å²) in [6.45, 7) is 0. The monoisotopic (exact) mass is 771 g/mol. The van der Waals surface area contributed by atoms with Crippen LogP contribution in [0.5, 0.6) is 0 Å². The molecule has 0 N–H and O–H groups in total. The Morgan fingerprint density at radius 1 is 0.339 bits per heavy atom. The highest BCUT2D eigenvalue weighted by Gasteiger charge is 2.19. The van der Waals surface area contributed by atoms with Crippen molar-refractivity contribution in [2.75, 3.05) is 0 Å². The second-order valence-electron chi connectivity index (χ2n) is 14.9. The Morgan fingerprint density at radius 2 is 0.898 bits per heavy atom. The standard InChI is InChI=1S/C53H33N5S/c1-4-14-34(15-5-1)51-54-52(35-16-6-2-7-17-35)56-53(55-51)39-20-12-18-36(28-39)37-19-13-23-41(29-37)58-47-32-46-38(26-27-57(46)40-21-8-3-9-22-40)30-43(47)44-31-45-42-24-10-11-25-49(42)59-50(45)33-48(44)58/h1-33H. The summed E-state index contributed by atoms with van der Waals surface area (Å²) in [5.41, 5.74) is 10.8. The van der Waals surface area contributed by atoms with Crippen molar-refractivity contribution < 1.29 is 0 Å². The van der Waals surface area contributed by atoms with Gasteiger partial charge in [-0.25, -0.2) is 15.0 Å². The molecular weight excluding hydrogens is 739 g/mol. The van der Waals surface area contributed by atoms with E-state index in [-0.39, 0.29) is 0 Å². The quantitative estimate of drug-likeness (QED) is 0.169. The molecule has 276 valence electrons. The Kier molecular flexibility index (Phi) is 7.64. The van der Waals surface area contributed by atoms with Gasteiger partial charge in [-0.15, -0.1) is 11.3 Å². The van der Waals surface area contributed by atoms with Crippen LogP contribution in [0.2, 0.25) is 0 Å². The van der Waals surface area contributed by atoms with Crippen LogP contribution in [0.25, 0.3) is 110 Å². The third-order valence-electron chi connectivity index (χ3n) is 11.4. The summed E-state index contributed by atoms with van der Waals surface area (Å²) in [6, 6.07) is 68.8. The van der Waals surface area contributed by atoms with Crippen molar-refractivity contribution in [2.45, 2.75) is 0 Å². The van der Waals surface area contributed by atoms with Crippen molar-refractivity contribution in [3.05, 3.63) is 200 Å². The molecule has 0 spiro atoms. The lowest BCUT2D eigenvalue weighted by molar-refractivity contribution is 1.07. The van der Waals surface area contributed by atoms with Crippen molar-refractivity contribution in [3.63, 3.8) is 0 Å². The van der Waals surface area contributed by atoms with E-state index in [1.165, 1.54) is 52.9 Å². The molecule has 12 aromatic rings. The van der Waals surface area contributed by atoms with Gasteiger partial charge in [0.25, 0.3) is 0 Å². The fourth-order valence-electron chi connectivity index (χ4n) is 8.56. The van der Waals surface area contributed by atoms with E-state index in [0.29, 0.717) is 17.5 Å². The minimum absolute atomic E-state index is 0.635. The van der Waals surface area contributed by atoms with Crippen molar-refractivity contribution in [2.24, 2.45) is 0 Å². The first-order chi connectivity index (χ1) is 29.2. The number of rotatable bonds is 6. The van der Waals surface area contributed by atoms with Crippen LogP contribution in [-0.2, 0) is 0 Å². The van der Waals surface area contributed by atoms with E-state index in [0.717, 1.165) is 39.2 Å². The molecule has 6 heteroatoms. The fourth-order valence-corrected chi connectivity index (χ4v) is 9.68. The van der Waals surface area contributed by atoms with E-state index in [1.807, 2.05) is 72.0 Å². The number of hydrogen-bond acceptors (Lipinski definition) is 4. The first kappa shape index (κ1) is 33.5. The van der Waals surface area contributed by atoms with Crippen molar-refractivity contribution in [1.29, 1.82) is 0 Å². The number of thiophene rings is 1. The van der Waals surface area contributed by atoms with Gasteiger partial charge in [0.2, 0.25) is 0 Å².